The van der Waals surface area contributed by atoms with Crippen LogP contribution in [0.5, 0.6) is 11.5 Å². The summed E-state index contributed by atoms with van der Waals surface area (Å²) >= 11 is 0. The molecule has 4 nitrogen and oxygen atoms in total. The smallest absolute Gasteiger partial charge is 0.516 e. The van der Waals surface area contributed by atoms with E-state index in [2.05, 4.69) is 46.4 Å². The first-order valence-corrected chi connectivity index (χ1v) is 12.1. The molecule has 0 fully saturated rings. The molecule has 2 heterocycles. The van der Waals surface area contributed by atoms with Crippen molar-refractivity contribution in [1.29, 1.82) is 0 Å². The van der Waals surface area contributed by atoms with Gasteiger partial charge in [0.2, 0.25) is 0 Å². The van der Waals surface area contributed by atoms with E-state index in [1.165, 1.54) is 0 Å². The standard InChI is InChI=1S/C33H24N2O2.Pt/c1-36-28-18-22(16-26(20-28)32-30-9-5-3-7-24(30)11-13-34-32)15-23-17-27(21-29(19-23)37-2)33-31-10-6-4-8-25(31)12-14-35-33;/h3-14,18-21H,15H2,1-2H3;/q-2;+2. The van der Waals surface area contributed by atoms with E-state index in [4.69, 9.17) is 9.47 Å². The molecule has 0 atom stereocenters. The second-order valence-corrected chi connectivity index (χ2v) is 8.86. The van der Waals surface area contributed by atoms with Gasteiger partial charge in [-0.3, -0.25) is 0 Å². The van der Waals surface area contributed by atoms with Crippen LogP contribution in [0.1, 0.15) is 11.1 Å². The van der Waals surface area contributed by atoms with E-state index in [-0.39, 0.29) is 21.1 Å². The van der Waals surface area contributed by atoms with Gasteiger partial charge in [-0.1, -0.05) is 60.7 Å². The molecule has 5 heteroatoms. The summed E-state index contributed by atoms with van der Waals surface area (Å²) in [6, 6.07) is 35.7. The van der Waals surface area contributed by atoms with Gasteiger partial charge in [-0.05, 0) is 51.5 Å². The average molecular weight is 676 g/mol. The van der Waals surface area contributed by atoms with Gasteiger partial charge in [0, 0.05) is 23.9 Å². The van der Waals surface area contributed by atoms with Crippen molar-refractivity contribution in [2.75, 3.05) is 14.2 Å². The van der Waals surface area contributed by atoms with Crippen LogP contribution in [0.15, 0.2) is 97.3 Å². The summed E-state index contributed by atoms with van der Waals surface area (Å²) < 4.78 is 11.3. The van der Waals surface area contributed by atoms with E-state index < -0.39 is 0 Å². The Labute approximate surface area is 236 Å². The number of nitrogens with zero attached hydrogens (tertiary/aromatic N) is 2. The van der Waals surface area contributed by atoms with Gasteiger partial charge in [0.05, 0.1) is 14.2 Å². The van der Waals surface area contributed by atoms with Crippen LogP contribution >= 0.6 is 0 Å². The molecule has 0 saturated carbocycles. The number of fused-ring (bicyclic) bond motifs is 2. The van der Waals surface area contributed by atoms with E-state index in [1.807, 2.05) is 73.1 Å². The molecular weight excluding hydrogens is 651 g/mol. The van der Waals surface area contributed by atoms with Crippen molar-refractivity contribution >= 4 is 21.5 Å². The van der Waals surface area contributed by atoms with Gasteiger partial charge in [0.25, 0.3) is 0 Å². The SMILES string of the molecule is COc1cc(Cc2[c-]c(-c3nccc4ccccc34)cc(OC)c2)[c-]c(-c2nccc3ccccc23)c1.[Pt+2]. The first-order chi connectivity index (χ1) is 18.2. The van der Waals surface area contributed by atoms with E-state index >= 15 is 0 Å². The molecule has 4 aromatic carbocycles. The van der Waals surface area contributed by atoms with E-state index in [0.29, 0.717) is 6.42 Å². The quantitative estimate of drug-likeness (QED) is 0.174. The fourth-order valence-electron chi connectivity index (χ4n) is 4.76. The molecule has 188 valence electrons. The van der Waals surface area contributed by atoms with E-state index in [1.54, 1.807) is 14.2 Å². The third-order valence-electron chi connectivity index (χ3n) is 6.51. The number of ether oxygens (including phenoxy) is 2. The van der Waals surface area contributed by atoms with Crippen molar-refractivity contribution in [2.45, 2.75) is 6.42 Å². The number of aromatic nitrogens is 2. The maximum atomic E-state index is 5.66. The predicted octanol–water partition coefficient (Wildman–Crippen LogP) is 7.32. The monoisotopic (exact) mass is 675 g/mol. The fraction of sp³-hybridized carbons (Fsp3) is 0.0909. The molecule has 0 N–H and O–H groups in total. The zero-order chi connectivity index (χ0) is 25.2. The maximum Gasteiger partial charge on any atom is 2.00 e. The molecule has 0 aliphatic heterocycles. The molecule has 6 aromatic rings. The van der Waals surface area contributed by atoms with Crippen molar-refractivity contribution < 1.29 is 30.5 Å². The predicted molar refractivity (Wildman–Crippen MR) is 148 cm³/mol. The van der Waals surface area contributed by atoms with Crippen molar-refractivity contribution in [1.82, 2.24) is 9.97 Å². The second-order valence-electron chi connectivity index (χ2n) is 8.86. The Morgan fingerprint density at radius 2 is 1.05 bits per heavy atom. The van der Waals surface area contributed by atoms with E-state index in [9.17, 15) is 0 Å². The van der Waals surface area contributed by atoms with Gasteiger partial charge in [-0.2, -0.15) is 0 Å². The Morgan fingerprint density at radius 1 is 0.605 bits per heavy atom. The third kappa shape index (κ3) is 5.05. The zero-order valence-electron chi connectivity index (χ0n) is 21.0. The molecule has 0 spiro atoms. The minimum atomic E-state index is 0. The topological polar surface area (TPSA) is 44.2 Å². The summed E-state index contributed by atoms with van der Waals surface area (Å²) in [6.45, 7) is 0. The van der Waals surface area contributed by atoms with Gasteiger partial charge in [0.15, 0.2) is 0 Å². The molecular formula is C33H24N2O2Pt. The number of hydrogen-bond donors (Lipinski definition) is 0. The molecule has 0 amide bonds. The van der Waals surface area contributed by atoms with Gasteiger partial charge in [0.1, 0.15) is 0 Å². The zero-order valence-corrected chi connectivity index (χ0v) is 23.2. The Bertz CT molecular complexity index is 1610. The maximum absolute atomic E-state index is 5.66. The number of benzene rings is 4. The van der Waals surface area contributed by atoms with Crippen LogP contribution in [0.25, 0.3) is 44.1 Å². The van der Waals surface area contributed by atoms with Crippen molar-refractivity contribution in [3.8, 4) is 34.0 Å². The van der Waals surface area contributed by atoms with Crippen LogP contribution in [0, 0.1) is 12.1 Å². The minimum absolute atomic E-state index is 0. The largest absolute Gasteiger partial charge is 2.00 e. The summed E-state index contributed by atoms with van der Waals surface area (Å²) in [5, 5.41) is 4.44. The number of rotatable bonds is 6. The van der Waals surface area contributed by atoms with Crippen LogP contribution in [0.3, 0.4) is 0 Å². The molecule has 38 heavy (non-hydrogen) atoms. The minimum Gasteiger partial charge on any atom is -0.516 e. The molecule has 0 radical (unpaired) electrons. The van der Waals surface area contributed by atoms with Gasteiger partial charge in [-0.15, -0.1) is 46.5 Å². The van der Waals surface area contributed by atoms with Crippen molar-refractivity contribution in [2.24, 2.45) is 0 Å². The number of pyridine rings is 2. The third-order valence-corrected chi connectivity index (χ3v) is 6.51. The molecule has 6 rings (SSSR count). The van der Waals surface area contributed by atoms with Crippen molar-refractivity contribution in [3.05, 3.63) is 121 Å². The molecule has 0 saturated heterocycles. The Morgan fingerprint density at radius 3 is 1.50 bits per heavy atom. The van der Waals surface area contributed by atoms with Gasteiger partial charge < -0.3 is 19.4 Å². The van der Waals surface area contributed by atoms with Crippen LogP contribution < -0.4 is 9.47 Å². The number of hydrogen-bond acceptors (Lipinski definition) is 4. The first kappa shape index (κ1) is 25.6. The Hall–Kier alpha value is -4.01. The fourth-order valence-corrected chi connectivity index (χ4v) is 4.76. The summed E-state index contributed by atoms with van der Waals surface area (Å²) in [6.07, 6.45) is 4.28. The second kappa shape index (κ2) is 11.2. The van der Waals surface area contributed by atoms with Crippen molar-refractivity contribution in [3.63, 3.8) is 0 Å². The summed E-state index contributed by atoms with van der Waals surface area (Å²) in [5.74, 6) is 1.52. The number of methoxy groups -OCH3 is 2. The summed E-state index contributed by atoms with van der Waals surface area (Å²) in [7, 11) is 3.36. The molecule has 0 aliphatic rings. The first-order valence-electron chi connectivity index (χ1n) is 12.1. The Kier molecular flexibility index (Phi) is 7.53. The molecule has 2 aromatic heterocycles. The Balaban J connectivity index is 0.00000294. The van der Waals surface area contributed by atoms with Gasteiger partial charge >= 0.3 is 21.1 Å². The summed E-state index contributed by atoms with van der Waals surface area (Å²) in [4.78, 5) is 9.38. The van der Waals surface area contributed by atoms with E-state index in [0.717, 1.165) is 66.7 Å². The molecule has 0 bridgehead atoms. The normalized spacial score (nSPS) is 10.8. The van der Waals surface area contributed by atoms with Crippen LogP contribution in [0.2, 0.25) is 0 Å². The van der Waals surface area contributed by atoms with Crippen LogP contribution in [-0.4, -0.2) is 24.2 Å². The summed E-state index contributed by atoms with van der Waals surface area (Å²) in [5.41, 5.74) is 5.51. The van der Waals surface area contributed by atoms with Crippen LogP contribution in [-0.2, 0) is 27.5 Å². The van der Waals surface area contributed by atoms with Crippen LogP contribution in [0.4, 0.5) is 0 Å². The molecule has 0 aliphatic carbocycles. The van der Waals surface area contributed by atoms with Gasteiger partial charge in [-0.25, -0.2) is 0 Å². The average Bonchev–Trinajstić information content (AvgIpc) is 2.96. The molecule has 0 unspecified atom stereocenters.